The van der Waals surface area contributed by atoms with Crippen LogP contribution in [0, 0.1) is 0 Å². The minimum absolute atomic E-state index is 0.0316. The van der Waals surface area contributed by atoms with Crippen molar-refractivity contribution in [3.8, 4) is 5.75 Å². The van der Waals surface area contributed by atoms with Crippen LogP contribution in [0.1, 0.15) is 37.0 Å². The molecular formula is C15H21NO2. The van der Waals surface area contributed by atoms with Crippen molar-refractivity contribution in [1.82, 2.24) is 4.90 Å². The van der Waals surface area contributed by atoms with Gasteiger partial charge in [-0.2, -0.15) is 0 Å². The van der Waals surface area contributed by atoms with Crippen molar-refractivity contribution in [3.05, 3.63) is 29.8 Å². The molecule has 3 heteroatoms. The maximum Gasteiger partial charge on any atom is 0.179 e. The number of ketones is 1. The van der Waals surface area contributed by atoms with Crippen LogP contribution >= 0.6 is 0 Å². The zero-order valence-electron chi connectivity index (χ0n) is 11.3. The molecule has 0 bridgehead atoms. The Hall–Kier alpha value is -1.35. The normalized spacial score (nSPS) is 16.7. The van der Waals surface area contributed by atoms with Gasteiger partial charge >= 0.3 is 0 Å². The highest BCUT2D eigenvalue weighted by atomic mass is 16.5. The van der Waals surface area contributed by atoms with Crippen LogP contribution in [-0.2, 0) is 0 Å². The smallest absolute Gasteiger partial charge is 0.179 e. The number of Topliss-reactive ketones (excluding diaryl/α,β-unsaturated/α-hetero) is 1. The Bertz CT molecular complexity index is 409. The van der Waals surface area contributed by atoms with Gasteiger partial charge in [0.05, 0.1) is 13.2 Å². The standard InChI is InChI=1S/C15H21NO2/c1-4-16(13-7-8-13)11(2)15(17)12-5-9-14(18-3)10-6-12/h5-6,9-11,13H,4,7-8H2,1-3H3. The lowest BCUT2D eigenvalue weighted by Gasteiger charge is -2.26. The molecule has 2 rings (SSSR count). The number of rotatable bonds is 6. The van der Waals surface area contributed by atoms with Gasteiger partial charge in [0, 0.05) is 11.6 Å². The van der Waals surface area contributed by atoms with Crippen molar-refractivity contribution in [2.24, 2.45) is 0 Å². The summed E-state index contributed by atoms with van der Waals surface area (Å²) in [5, 5.41) is 0. The summed E-state index contributed by atoms with van der Waals surface area (Å²) in [4.78, 5) is 14.7. The highest BCUT2D eigenvalue weighted by molar-refractivity contribution is 6.00. The fraction of sp³-hybridized carbons (Fsp3) is 0.533. The molecule has 3 nitrogen and oxygen atoms in total. The van der Waals surface area contributed by atoms with Gasteiger partial charge < -0.3 is 4.74 Å². The number of hydrogen-bond acceptors (Lipinski definition) is 3. The molecule has 0 N–H and O–H groups in total. The van der Waals surface area contributed by atoms with Crippen LogP contribution in [0.2, 0.25) is 0 Å². The first-order chi connectivity index (χ1) is 8.67. The zero-order chi connectivity index (χ0) is 13.1. The molecule has 0 heterocycles. The lowest BCUT2D eigenvalue weighted by atomic mass is 10.0. The summed E-state index contributed by atoms with van der Waals surface area (Å²) in [5.74, 6) is 0.986. The van der Waals surface area contributed by atoms with Gasteiger partial charge in [0.2, 0.25) is 0 Å². The van der Waals surface area contributed by atoms with Crippen LogP contribution in [0.5, 0.6) is 5.75 Å². The molecule has 0 aromatic heterocycles. The van der Waals surface area contributed by atoms with Crippen LogP contribution in [0.25, 0.3) is 0 Å². The fourth-order valence-corrected chi connectivity index (χ4v) is 2.40. The van der Waals surface area contributed by atoms with Crippen molar-refractivity contribution < 1.29 is 9.53 Å². The molecule has 0 spiro atoms. The molecule has 18 heavy (non-hydrogen) atoms. The second-order valence-electron chi connectivity index (χ2n) is 4.83. The first-order valence-electron chi connectivity index (χ1n) is 6.61. The summed E-state index contributed by atoms with van der Waals surface area (Å²) < 4.78 is 5.10. The third kappa shape index (κ3) is 2.72. The topological polar surface area (TPSA) is 29.5 Å². The highest BCUT2D eigenvalue weighted by Crippen LogP contribution is 2.29. The van der Waals surface area contributed by atoms with Crippen LogP contribution in [-0.4, -0.2) is 36.4 Å². The third-order valence-electron chi connectivity index (χ3n) is 3.63. The number of carbonyl (C=O) groups excluding carboxylic acids is 1. The van der Waals surface area contributed by atoms with E-state index < -0.39 is 0 Å². The Morgan fingerprint density at radius 3 is 2.44 bits per heavy atom. The van der Waals surface area contributed by atoms with Crippen LogP contribution in [0.3, 0.4) is 0 Å². The molecule has 1 atom stereocenters. The van der Waals surface area contributed by atoms with E-state index in [1.54, 1.807) is 7.11 Å². The zero-order valence-corrected chi connectivity index (χ0v) is 11.3. The van der Waals surface area contributed by atoms with E-state index in [2.05, 4.69) is 11.8 Å². The average molecular weight is 247 g/mol. The van der Waals surface area contributed by atoms with Crippen molar-refractivity contribution >= 4 is 5.78 Å². The average Bonchev–Trinajstić information content (AvgIpc) is 3.23. The number of likely N-dealkylation sites (N-methyl/N-ethyl adjacent to an activating group) is 1. The number of ether oxygens (including phenoxy) is 1. The van der Waals surface area contributed by atoms with E-state index in [-0.39, 0.29) is 11.8 Å². The van der Waals surface area contributed by atoms with E-state index in [1.165, 1.54) is 12.8 Å². The van der Waals surface area contributed by atoms with Gasteiger partial charge in [-0.3, -0.25) is 9.69 Å². The molecule has 0 saturated heterocycles. The quantitative estimate of drug-likeness (QED) is 0.724. The molecule has 98 valence electrons. The van der Waals surface area contributed by atoms with Gasteiger partial charge in [0.15, 0.2) is 5.78 Å². The monoisotopic (exact) mass is 247 g/mol. The van der Waals surface area contributed by atoms with E-state index >= 15 is 0 Å². The number of carbonyl (C=O) groups is 1. The number of benzene rings is 1. The Morgan fingerprint density at radius 2 is 2.00 bits per heavy atom. The fourth-order valence-electron chi connectivity index (χ4n) is 2.40. The summed E-state index contributed by atoms with van der Waals surface area (Å²) >= 11 is 0. The predicted molar refractivity (Wildman–Crippen MR) is 72.2 cm³/mol. The Labute approximate surface area is 109 Å². The van der Waals surface area contributed by atoms with Gasteiger partial charge in [0.1, 0.15) is 5.75 Å². The first kappa shape index (κ1) is 13.1. The molecule has 0 radical (unpaired) electrons. The molecular weight excluding hydrogens is 226 g/mol. The first-order valence-corrected chi connectivity index (χ1v) is 6.61. The molecule has 1 aromatic rings. The second-order valence-corrected chi connectivity index (χ2v) is 4.83. The van der Waals surface area contributed by atoms with Crippen LogP contribution in [0.4, 0.5) is 0 Å². The number of hydrogen-bond donors (Lipinski definition) is 0. The van der Waals surface area contributed by atoms with Gasteiger partial charge in [-0.15, -0.1) is 0 Å². The van der Waals surface area contributed by atoms with Crippen LogP contribution in [0.15, 0.2) is 24.3 Å². The maximum atomic E-state index is 12.4. The Kier molecular flexibility index (Phi) is 4.02. The van der Waals surface area contributed by atoms with E-state index in [9.17, 15) is 4.79 Å². The maximum absolute atomic E-state index is 12.4. The summed E-state index contributed by atoms with van der Waals surface area (Å²) in [6.07, 6.45) is 2.46. The lowest BCUT2D eigenvalue weighted by molar-refractivity contribution is 0.0834. The van der Waals surface area contributed by atoms with Crippen molar-refractivity contribution in [3.63, 3.8) is 0 Å². The van der Waals surface area contributed by atoms with Crippen molar-refractivity contribution in [1.29, 1.82) is 0 Å². The minimum Gasteiger partial charge on any atom is -0.497 e. The summed E-state index contributed by atoms with van der Waals surface area (Å²) in [6, 6.07) is 7.96. The molecule has 0 amide bonds. The Morgan fingerprint density at radius 1 is 1.39 bits per heavy atom. The summed E-state index contributed by atoms with van der Waals surface area (Å²) in [5.41, 5.74) is 0.766. The highest BCUT2D eigenvalue weighted by Gasteiger charge is 2.33. The van der Waals surface area contributed by atoms with Crippen molar-refractivity contribution in [2.45, 2.75) is 38.8 Å². The molecule has 1 fully saturated rings. The van der Waals surface area contributed by atoms with E-state index in [0.717, 1.165) is 17.9 Å². The minimum atomic E-state index is -0.0316. The lowest BCUT2D eigenvalue weighted by Crippen LogP contribution is -2.40. The number of nitrogens with zero attached hydrogens (tertiary/aromatic N) is 1. The molecule has 1 aromatic carbocycles. The van der Waals surface area contributed by atoms with Gasteiger partial charge in [-0.05, 0) is 50.6 Å². The number of methoxy groups -OCH3 is 1. The van der Waals surface area contributed by atoms with E-state index in [0.29, 0.717) is 6.04 Å². The summed E-state index contributed by atoms with van der Waals surface area (Å²) in [6.45, 7) is 5.07. The van der Waals surface area contributed by atoms with E-state index in [4.69, 9.17) is 4.74 Å². The molecule has 0 aliphatic heterocycles. The SMILES string of the molecule is CCN(C1CC1)C(C)C(=O)c1ccc(OC)cc1. The molecule has 1 aliphatic rings. The van der Waals surface area contributed by atoms with E-state index in [1.807, 2.05) is 31.2 Å². The van der Waals surface area contributed by atoms with Gasteiger partial charge in [0.25, 0.3) is 0 Å². The summed E-state index contributed by atoms with van der Waals surface area (Å²) in [7, 11) is 1.63. The Balaban J connectivity index is 2.08. The second kappa shape index (κ2) is 5.53. The predicted octanol–water partition coefficient (Wildman–Crippen LogP) is 2.75. The van der Waals surface area contributed by atoms with Crippen LogP contribution < -0.4 is 4.74 Å². The van der Waals surface area contributed by atoms with Gasteiger partial charge in [-0.25, -0.2) is 0 Å². The molecule has 1 aliphatic carbocycles. The third-order valence-corrected chi connectivity index (χ3v) is 3.63. The molecule has 1 unspecified atom stereocenters. The van der Waals surface area contributed by atoms with Gasteiger partial charge in [-0.1, -0.05) is 6.92 Å². The van der Waals surface area contributed by atoms with Crippen molar-refractivity contribution in [2.75, 3.05) is 13.7 Å². The molecule has 1 saturated carbocycles. The largest absolute Gasteiger partial charge is 0.497 e.